The molecule has 2 atom stereocenters. The number of rotatable bonds is 9. The summed E-state index contributed by atoms with van der Waals surface area (Å²) < 4.78 is 5.52. The Labute approximate surface area is 200 Å². The molecule has 2 aromatic rings. The van der Waals surface area contributed by atoms with Gasteiger partial charge in [-0.25, -0.2) is 0 Å². The highest BCUT2D eigenvalue weighted by Gasteiger charge is 2.23. The van der Waals surface area contributed by atoms with E-state index in [1.165, 1.54) is 4.88 Å². The smallest absolute Gasteiger partial charge is 0.191 e. The van der Waals surface area contributed by atoms with Crippen LogP contribution in [0.25, 0.3) is 0 Å². The van der Waals surface area contributed by atoms with Gasteiger partial charge in [-0.1, -0.05) is 36.4 Å². The average molecular weight is 545 g/mol. The Morgan fingerprint density at radius 1 is 1.17 bits per heavy atom. The van der Waals surface area contributed by atoms with E-state index in [9.17, 15) is 5.11 Å². The zero-order valence-electron chi connectivity index (χ0n) is 17.5. The largest absolute Gasteiger partial charge is 0.391 e. The highest BCUT2D eigenvalue weighted by Crippen LogP contribution is 2.25. The third kappa shape index (κ3) is 8.14. The third-order valence-corrected chi connectivity index (χ3v) is 5.91. The van der Waals surface area contributed by atoms with Gasteiger partial charge in [-0.3, -0.25) is 9.89 Å². The van der Waals surface area contributed by atoms with Crippen molar-refractivity contribution < 1.29 is 9.84 Å². The number of hydrogen-bond donors (Lipinski definition) is 3. The summed E-state index contributed by atoms with van der Waals surface area (Å²) >= 11 is 1.79. The lowest BCUT2D eigenvalue weighted by Gasteiger charge is -2.34. The van der Waals surface area contributed by atoms with Gasteiger partial charge in [0.2, 0.25) is 0 Å². The van der Waals surface area contributed by atoms with Crippen molar-refractivity contribution in [3.05, 3.63) is 58.3 Å². The van der Waals surface area contributed by atoms with E-state index in [4.69, 9.17) is 4.74 Å². The minimum atomic E-state index is -0.500. The number of ether oxygens (including phenoxy) is 1. The maximum Gasteiger partial charge on any atom is 0.191 e. The molecule has 0 aliphatic carbocycles. The first-order chi connectivity index (χ1) is 14.3. The summed E-state index contributed by atoms with van der Waals surface area (Å²) in [6.45, 7) is 7.40. The zero-order chi connectivity index (χ0) is 20.3. The van der Waals surface area contributed by atoms with Crippen molar-refractivity contribution in [1.29, 1.82) is 0 Å². The average Bonchev–Trinajstić information content (AvgIpc) is 3.28. The highest BCUT2D eigenvalue weighted by molar-refractivity contribution is 14.0. The van der Waals surface area contributed by atoms with Gasteiger partial charge in [0.1, 0.15) is 0 Å². The molecule has 1 fully saturated rings. The fourth-order valence-corrected chi connectivity index (χ4v) is 4.32. The maximum atomic E-state index is 10.4. The Morgan fingerprint density at radius 3 is 2.60 bits per heavy atom. The number of thiophene rings is 1. The van der Waals surface area contributed by atoms with Gasteiger partial charge in [-0.2, -0.15) is 0 Å². The molecule has 30 heavy (non-hydrogen) atoms. The molecule has 0 spiro atoms. The van der Waals surface area contributed by atoms with Crippen LogP contribution >= 0.6 is 35.3 Å². The predicted octanol–water partition coefficient (Wildman–Crippen LogP) is 2.90. The third-order valence-electron chi connectivity index (χ3n) is 4.94. The number of nitrogens with one attached hydrogen (secondary N) is 2. The molecule has 0 bridgehead atoms. The monoisotopic (exact) mass is 544 g/mol. The lowest BCUT2D eigenvalue weighted by Crippen LogP contribution is -2.46. The minimum absolute atomic E-state index is 0. The van der Waals surface area contributed by atoms with Crippen LogP contribution in [-0.4, -0.2) is 68.0 Å². The van der Waals surface area contributed by atoms with Gasteiger partial charge in [0.25, 0.3) is 0 Å². The molecule has 8 heteroatoms. The second kappa shape index (κ2) is 14.0. The second-order valence-corrected chi connectivity index (χ2v) is 8.10. The SMILES string of the molecule is CCNC(=NCC(O)Cc1ccccc1)NCC(c1cccs1)N1CCOCC1.I. The molecule has 1 saturated heterocycles. The van der Waals surface area contributed by atoms with E-state index < -0.39 is 6.10 Å². The molecule has 3 N–H and O–H groups in total. The van der Waals surface area contributed by atoms with E-state index in [0.717, 1.165) is 50.9 Å². The molecular formula is C22H33IN4O2S. The van der Waals surface area contributed by atoms with Crippen molar-refractivity contribution in [2.24, 2.45) is 4.99 Å². The number of nitrogens with zero attached hydrogens (tertiary/aromatic N) is 2. The van der Waals surface area contributed by atoms with Crippen molar-refractivity contribution in [3.8, 4) is 0 Å². The molecule has 2 heterocycles. The fraction of sp³-hybridized carbons (Fsp3) is 0.500. The van der Waals surface area contributed by atoms with Crippen molar-refractivity contribution in [2.45, 2.75) is 25.5 Å². The summed E-state index contributed by atoms with van der Waals surface area (Å²) in [4.78, 5) is 8.43. The van der Waals surface area contributed by atoms with Crippen LogP contribution < -0.4 is 10.6 Å². The van der Waals surface area contributed by atoms with E-state index in [1.807, 2.05) is 30.3 Å². The standard InChI is InChI=1S/C22H32N4O2S.HI/c1-2-23-22(24-16-19(27)15-18-7-4-3-5-8-18)25-17-20(21-9-6-14-29-21)26-10-12-28-13-11-26;/h3-9,14,19-20,27H,2,10-13,15-17H2,1H3,(H2,23,24,25);1H. The number of halogens is 1. The maximum absolute atomic E-state index is 10.4. The van der Waals surface area contributed by atoms with Gasteiger partial charge in [0, 0.05) is 37.5 Å². The van der Waals surface area contributed by atoms with E-state index in [-0.39, 0.29) is 30.0 Å². The Kier molecular flexibility index (Phi) is 11.7. The first-order valence-corrected chi connectivity index (χ1v) is 11.2. The highest BCUT2D eigenvalue weighted by atomic mass is 127. The Morgan fingerprint density at radius 2 is 1.93 bits per heavy atom. The van der Waals surface area contributed by atoms with Crippen molar-refractivity contribution in [2.75, 3.05) is 45.9 Å². The van der Waals surface area contributed by atoms with E-state index in [2.05, 4.69) is 45.0 Å². The number of morpholine rings is 1. The fourth-order valence-electron chi connectivity index (χ4n) is 3.46. The lowest BCUT2D eigenvalue weighted by atomic mass is 10.1. The molecule has 1 aliphatic heterocycles. The molecule has 0 amide bonds. The van der Waals surface area contributed by atoms with Crippen molar-refractivity contribution >= 4 is 41.3 Å². The second-order valence-electron chi connectivity index (χ2n) is 7.12. The van der Waals surface area contributed by atoms with Crippen LogP contribution in [0.1, 0.15) is 23.4 Å². The number of benzene rings is 1. The van der Waals surface area contributed by atoms with Gasteiger partial charge in [-0.15, -0.1) is 35.3 Å². The molecule has 1 aromatic heterocycles. The lowest BCUT2D eigenvalue weighted by molar-refractivity contribution is 0.0177. The number of aliphatic hydroxyl groups is 1. The topological polar surface area (TPSA) is 69.1 Å². The van der Waals surface area contributed by atoms with Crippen LogP contribution in [0.2, 0.25) is 0 Å². The molecule has 166 valence electrons. The summed E-state index contributed by atoms with van der Waals surface area (Å²) in [6.07, 6.45) is 0.107. The Balaban J connectivity index is 0.00000320. The van der Waals surface area contributed by atoms with Gasteiger partial charge >= 0.3 is 0 Å². The molecular weight excluding hydrogens is 511 g/mol. The van der Waals surface area contributed by atoms with Crippen LogP contribution in [-0.2, 0) is 11.2 Å². The quantitative estimate of drug-likeness (QED) is 0.258. The molecule has 1 aliphatic rings. The number of hydrogen-bond acceptors (Lipinski definition) is 5. The predicted molar refractivity (Wildman–Crippen MR) is 135 cm³/mol. The molecule has 1 aromatic carbocycles. The summed E-state index contributed by atoms with van der Waals surface area (Å²) in [5.74, 6) is 0.745. The summed E-state index contributed by atoms with van der Waals surface area (Å²) in [7, 11) is 0. The summed E-state index contributed by atoms with van der Waals surface area (Å²) in [6, 6.07) is 14.6. The molecule has 6 nitrogen and oxygen atoms in total. The molecule has 2 unspecified atom stereocenters. The molecule has 0 radical (unpaired) electrons. The van der Waals surface area contributed by atoms with Crippen molar-refractivity contribution in [3.63, 3.8) is 0 Å². The van der Waals surface area contributed by atoms with Gasteiger partial charge in [-0.05, 0) is 23.9 Å². The summed E-state index contributed by atoms with van der Waals surface area (Å²) in [5.41, 5.74) is 1.12. The van der Waals surface area contributed by atoms with Crippen LogP contribution in [0.4, 0.5) is 0 Å². The number of guanidine groups is 1. The van der Waals surface area contributed by atoms with Gasteiger partial charge in [0.05, 0.1) is 31.9 Å². The minimum Gasteiger partial charge on any atom is -0.391 e. The molecule has 3 rings (SSSR count). The van der Waals surface area contributed by atoms with Crippen LogP contribution in [0, 0.1) is 0 Å². The van der Waals surface area contributed by atoms with Gasteiger partial charge in [0.15, 0.2) is 5.96 Å². The number of aliphatic imine (C=N–C) groups is 1. The van der Waals surface area contributed by atoms with Crippen LogP contribution in [0.15, 0.2) is 52.8 Å². The Bertz CT molecular complexity index is 724. The summed E-state index contributed by atoms with van der Waals surface area (Å²) in [5, 5.41) is 19.3. The first kappa shape index (κ1) is 25.1. The van der Waals surface area contributed by atoms with E-state index in [1.54, 1.807) is 11.3 Å². The normalized spacial score (nSPS) is 17.1. The van der Waals surface area contributed by atoms with Crippen LogP contribution in [0.5, 0.6) is 0 Å². The van der Waals surface area contributed by atoms with Crippen LogP contribution in [0.3, 0.4) is 0 Å². The van der Waals surface area contributed by atoms with E-state index in [0.29, 0.717) is 13.0 Å². The zero-order valence-corrected chi connectivity index (χ0v) is 20.6. The van der Waals surface area contributed by atoms with Gasteiger partial charge < -0.3 is 20.5 Å². The Hall–Kier alpha value is -1.20. The van der Waals surface area contributed by atoms with Crippen molar-refractivity contribution in [1.82, 2.24) is 15.5 Å². The number of aliphatic hydroxyl groups excluding tert-OH is 1. The first-order valence-electron chi connectivity index (χ1n) is 10.4. The van der Waals surface area contributed by atoms with E-state index >= 15 is 0 Å². The molecule has 0 saturated carbocycles.